The average Bonchev–Trinajstić information content (AvgIpc) is 3.74. The second-order valence-corrected chi connectivity index (χ2v) is 16.0. The molecule has 290 valence electrons. The van der Waals surface area contributed by atoms with Crippen molar-refractivity contribution in [3.05, 3.63) is 237 Å². The number of hydrogen-bond donors (Lipinski definition) is 0. The first-order valence-electron chi connectivity index (χ1n) is 21.2. The third-order valence-corrected chi connectivity index (χ3v) is 12.5. The number of fused-ring (bicyclic) bond motifs is 7. The third kappa shape index (κ3) is 6.04. The van der Waals surface area contributed by atoms with E-state index >= 15 is 0 Å². The lowest BCUT2D eigenvalue weighted by atomic mass is 9.95. The van der Waals surface area contributed by atoms with Crippen molar-refractivity contribution in [2.75, 3.05) is 4.90 Å². The molecule has 1 aromatic heterocycles. The van der Waals surface area contributed by atoms with Gasteiger partial charge < -0.3 is 9.32 Å². The molecule has 0 aliphatic rings. The van der Waals surface area contributed by atoms with Crippen LogP contribution < -0.4 is 4.90 Å². The van der Waals surface area contributed by atoms with Crippen molar-refractivity contribution in [2.45, 2.75) is 0 Å². The summed E-state index contributed by atoms with van der Waals surface area (Å²) in [6.45, 7) is 0. The lowest BCUT2D eigenvalue weighted by molar-refractivity contribution is 0.674. The molecule has 0 aliphatic heterocycles. The zero-order valence-corrected chi connectivity index (χ0v) is 33.9. The van der Waals surface area contributed by atoms with Gasteiger partial charge in [-0.2, -0.15) is 0 Å². The molecule has 2 nitrogen and oxygen atoms in total. The highest BCUT2D eigenvalue weighted by molar-refractivity contribution is 6.17. The summed E-state index contributed by atoms with van der Waals surface area (Å²) in [6.07, 6.45) is 0. The van der Waals surface area contributed by atoms with Gasteiger partial charge in [-0.3, -0.25) is 0 Å². The topological polar surface area (TPSA) is 16.4 Å². The van der Waals surface area contributed by atoms with Gasteiger partial charge in [0, 0.05) is 38.7 Å². The van der Waals surface area contributed by atoms with Crippen LogP contribution in [0.15, 0.2) is 241 Å². The van der Waals surface area contributed by atoms with E-state index in [-0.39, 0.29) is 0 Å². The fourth-order valence-corrected chi connectivity index (χ4v) is 9.48. The van der Waals surface area contributed by atoms with E-state index in [1.54, 1.807) is 0 Å². The van der Waals surface area contributed by atoms with E-state index in [2.05, 4.69) is 241 Å². The number of hydrogen-bond acceptors (Lipinski definition) is 2. The van der Waals surface area contributed by atoms with Crippen LogP contribution in [0.4, 0.5) is 17.1 Å². The number of furan rings is 1. The minimum atomic E-state index is 0.888. The van der Waals surface area contributed by atoms with E-state index in [4.69, 9.17) is 4.42 Å². The van der Waals surface area contributed by atoms with Crippen molar-refractivity contribution < 1.29 is 4.42 Å². The highest BCUT2D eigenvalue weighted by atomic mass is 16.3. The Balaban J connectivity index is 0.998. The fraction of sp³-hybridized carbons (Fsp3) is 0. The van der Waals surface area contributed by atoms with Gasteiger partial charge in [0.2, 0.25) is 0 Å². The van der Waals surface area contributed by atoms with Crippen LogP contribution in [0.3, 0.4) is 0 Å². The molecule has 0 N–H and O–H groups in total. The fourth-order valence-electron chi connectivity index (χ4n) is 9.48. The smallest absolute Gasteiger partial charge is 0.143 e. The molecule has 0 aliphatic carbocycles. The van der Waals surface area contributed by atoms with E-state index in [1.165, 1.54) is 54.7 Å². The summed E-state index contributed by atoms with van der Waals surface area (Å²) in [5, 5.41) is 9.51. The van der Waals surface area contributed by atoms with Crippen molar-refractivity contribution in [1.29, 1.82) is 0 Å². The molecule has 0 amide bonds. The Morgan fingerprint density at radius 1 is 0.258 bits per heavy atom. The first kappa shape index (κ1) is 35.7. The number of anilines is 3. The molecule has 0 radical (unpaired) electrons. The number of benzene rings is 11. The maximum Gasteiger partial charge on any atom is 0.143 e. The van der Waals surface area contributed by atoms with Crippen LogP contribution in [0.5, 0.6) is 0 Å². The lowest BCUT2D eigenvalue weighted by Gasteiger charge is -2.28. The molecule has 12 aromatic rings. The van der Waals surface area contributed by atoms with Crippen LogP contribution in [0.2, 0.25) is 0 Å². The normalized spacial score (nSPS) is 11.5. The first-order chi connectivity index (χ1) is 30.7. The van der Waals surface area contributed by atoms with Gasteiger partial charge in [-0.25, -0.2) is 0 Å². The molecule has 0 spiro atoms. The van der Waals surface area contributed by atoms with Crippen LogP contribution in [0.1, 0.15) is 0 Å². The summed E-state index contributed by atoms with van der Waals surface area (Å²) >= 11 is 0. The molecule has 62 heavy (non-hydrogen) atoms. The van der Waals surface area contributed by atoms with E-state index in [0.717, 1.165) is 61.1 Å². The molecule has 0 fully saturated rings. The molecule has 0 unspecified atom stereocenters. The number of nitrogens with zero attached hydrogens (tertiary/aromatic N) is 1. The van der Waals surface area contributed by atoms with Crippen molar-refractivity contribution in [3.63, 3.8) is 0 Å². The summed E-state index contributed by atoms with van der Waals surface area (Å²) in [7, 11) is 0. The van der Waals surface area contributed by atoms with Gasteiger partial charge in [0.15, 0.2) is 0 Å². The van der Waals surface area contributed by atoms with Gasteiger partial charge in [0.25, 0.3) is 0 Å². The summed E-state index contributed by atoms with van der Waals surface area (Å²) in [5.74, 6) is 0. The van der Waals surface area contributed by atoms with E-state index in [0.29, 0.717) is 0 Å². The Morgan fingerprint density at radius 3 is 1.44 bits per heavy atom. The van der Waals surface area contributed by atoms with Crippen LogP contribution in [-0.2, 0) is 0 Å². The molecule has 11 aromatic carbocycles. The molecule has 2 heteroatoms. The maximum atomic E-state index is 6.91. The molecular weight excluding hydrogens is 751 g/mol. The van der Waals surface area contributed by atoms with E-state index < -0.39 is 0 Å². The van der Waals surface area contributed by atoms with Crippen molar-refractivity contribution in [3.8, 4) is 44.5 Å². The van der Waals surface area contributed by atoms with Gasteiger partial charge in [-0.15, -0.1) is 0 Å². The zero-order chi connectivity index (χ0) is 41.0. The zero-order valence-electron chi connectivity index (χ0n) is 33.9. The lowest BCUT2D eigenvalue weighted by Crippen LogP contribution is -2.11. The second kappa shape index (κ2) is 14.8. The summed E-state index contributed by atoms with van der Waals surface area (Å²) in [6, 6.07) is 85.4. The third-order valence-electron chi connectivity index (χ3n) is 12.5. The molecular formula is C60H39NO. The minimum absolute atomic E-state index is 0.888. The minimum Gasteiger partial charge on any atom is -0.455 e. The van der Waals surface area contributed by atoms with Gasteiger partial charge >= 0.3 is 0 Å². The second-order valence-electron chi connectivity index (χ2n) is 16.0. The SMILES string of the molecule is c1cc(-c2ccc(N(c3ccc(-c4cccc5ccccc45)cc3)c3ccccc3-c3cccc4c3oc3c5ccccc5ccc43)cc2)cc(-c2cccc3ccccc23)c1. The monoisotopic (exact) mass is 789 g/mol. The summed E-state index contributed by atoms with van der Waals surface area (Å²) in [5.41, 5.74) is 14.3. The molecule has 0 saturated carbocycles. The standard InChI is InChI=1S/C60H39NO/c1-4-20-49-41(13-1)16-10-24-51(49)44-31-36-48(37-32-44)61(47-34-29-40(30-35-47)45-18-9-19-46(39-45)52-25-11-17-42-14-2-5-21-50(42)52)58-28-8-7-23-54(58)55-26-12-27-56-57-38-33-43-15-3-6-22-53(43)59(57)62-60(55)56/h1-39H. The van der Waals surface area contributed by atoms with Crippen LogP contribution in [0, 0.1) is 0 Å². The number of rotatable bonds is 7. The largest absolute Gasteiger partial charge is 0.455 e. The Bertz CT molecular complexity index is 3620. The average molecular weight is 790 g/mol. The van der Waals surface area contributed by atoms with Crippen molar-refractivity contribution >= 4 is 71.3 Å². The molecule has 1 heterocycles. The first-order valence-corrected chi connectivity index (χ1v) is 21.2. The van der Waals surface area contributed by atoms with Crippen molar-refractivity contribution in [1.82, 2.24) is 0 Å². The highest BCUT2D eigenvalue weighted by Crippen LogP contribution is 2.46. The maximum absolute atomic E-state index is 6.91. The van der Waals surface area contributed by atoms with Crippen molar-refractivity contribution in [2.24, 2.45) is 0 Å². The predicted molar refractivity (Wildman–Crippen MR) is 263 cm³/mol. The predicted octanol–water partition coefficient (Wildman–Crippen LogP) is 17.2. The van der Waals surface area contributed by atoms with Gasteiger partial charge in [-0.1, -0.05) is 194 Å². The molecule has 0 atom stereocenters. The number of para-hydroxylation sites is 2. The highest BCUT2D eigenvalue weighted by Gasteiger charge is 2.21. The Morgan fingerprint density at radius 2 is 0.726 bits per heavy atom. The molecule has 12 rings (SSSR count). The molecule has 0 saturated heterocycles. The Labute approximate surface area is 360 Å². The molecule has 0 bridgehead atoms. The van der Waals surface area contributed by atoms with E-state index in [1.807, 2.05) is 0 Å². The quantitative estimate of drug-likeness (QED) is 0.160. The summed E-state index contributed by atoms with van der Waals surface area (Å²) in [4.78, 5) is 2.38. The Hall–Kier alpha value is -8.20. The van der Waals surface area contributed by atoms with Gasteiger partial charge in [0.1, 0.15) is 11.2 Å². The van der Waals surface area contributed by atoms with Crippen LogP contribution in [-0.4, -0.2) is 0 Å². The van der Waals surface area contributed by atoms with Gasteiger partial charge in [0.05, 0.1) is 5.69 Å². The van der Waals surface area contributed by atoms with Gasteiger partial charge in [-0.05, 0) is 103 Å². The van der Waals surface area contributed by atoms with E-state index in [9.17, 15) is 0 Å². The summed E-state index contributed by atoms with van der Waals surface area (Å²) < 4.78 is 6.91. The van der Waals surface area contributed by atoms with Crippen LogP contribution in [0.25, 0.3) is 98.8 Å². The van der Waals surface area contributed by atoms with Crippen LogP contribution >= 0.6 is 0 Å². The Kier molecular flexibility index (Phi) is 8.53.